The van der Waals surface area contributed by atoms with Crippen LogP contribution in [0.3, 0.4) is 0 Å². The van der Waals surface area contributed by atoms with Crippen LogP contribution < -0.4 is 10.5 Å². The molecule has 0 saturated carbocycles. The molecule has 1 aromatic carbocycles. The average Bonchev–Trinajstić information content (AvgIpc) is 2.16. The van der Waals surface area contributed by atoms with Gasteiger partial charge in [0.05, 0.1) is 5.69 Å². The molecule has 0 aromatic heterocycles. The van der Waals surface area contributed by atoms with E-state index in [2.05, 4.69) is 11.3 Å². The molecule has 1 rings (SSSR count). The molecule has 0 aliphatic carbocycles. The molecule has 0 bridgehead atoms. The molecule has 5 heteroatoms. The lowest BCUT2D eigenvalue weighted by atomic mass is 10.2. The number of aryl methyl sites for hydroxylation is 1. The first-order valence-electron chi connectivity index (χ1n) is 4.88. The maximum atomic E-state index is 12.0. The molecule has 0 heterocycles. The van der Waals surface area contributed by atoms with Gasteiger partial charge in [-0.05, 0) is 25.5 Å². The molecule has 1 unspecified atom stereocenters. The van der Waals surface area contributed by atoms with E-state index in [9.17, 15) is 8.42 Å². The van der Waals surface area contributed by atoms with E-state index in [-0.39, 0.29) is 16.6 Å². The number of benzene rings is 1. The fourth-order valence-electron chi connectivity index (χ4n) is 1.39. The Morgan fingerprint density at radius 3 is 2.62 bits per heavy atom. The molecule has 88 valence electrons. The molecule has 0 radical (unpaired) electrons. The summed E-state index contributed by atoms with van der Waals surface area (Å²) in [7, 11) is -3.58. The number of nitrogens with one attached hydrogen (secondary N) is 1. The van der Waals surface area contributed by atoms with Gasteiger partial charge in [0.25, 0.3) is 0 Å². The molecule has 1 atom stereocenters. The number of sulfonamides is 1. The third-order valence-electron chi connectivity index (χ3n) is 2.21. The third-order valence-corrected chi connectivity index (χ3v) is 3.98. The van der Waals surface area contributed by atoms with Crippen molar-refractivity contribution in [2.45, 2.75) is 24.8 Å². The van der Waals surface area contributed by atoms with Crippen molar-refractivity contribution in [3.8, 4) is 0 Å². The minimum atomic E-state index is -3.58. The molecule has 1 aromatic rings. The van der Waals surface area contributed by atoms with Gasteiger partial charge in [-0.3, -0.25) is 0 Å². The minimum Gasteiger partial charge on any atom is -0.398 e. The van der Waals surface area contributed by atoms with Crippen molar-refractivity contribution in [2.24, 2.45) is 0 Å². The first-order chi connectivity index (χ1) is 7.38. The predicted octanol–water partition coefficient (Wildman–Crippen LogP) is 1.43. The second kappa shape index (κ2) is 4.67. The Morgan fingerprint density at radius 1 is 1.50 bits per heavy atom. The van der Waals surface area contributed by atoms with Crippen LogP contribution in [0.15, 0.2) is 35.7 Å². The van der Waals surface area contributed by atoms with Gasteiger partial charge in [0.15, 0.2) is 0 Å². The van der Waals surface area contributed by atoms with Gasteiger partial charge < -0.3 is 5.73 Å². The van der Waals surface area contributed by atoms with Crippen LogP contribution in [0.2, 0.25) is 0 Å². The van der Waals surface area contributed by atoms with Crippen LogP contribution >= 0.6 is 0 Å². The number of anilines is 1. The van der Waals surface area contributed by atoms with Gasteiger partial charge in [0.1, 0.15) is 4.90 Å². The van der Waals surface area contributed by atoms with Gasteiger partial charge >= 0.3 is 0 Å². The lowest BCUT2D eigenvalue weighted by molar-refractivity contribution is 0.576. The highest BCUT2D eigenvalue weighted by molar-refractivity contribution is 7.89. The van der Waals surface area contributed by atoms with Crippen LogP contribution in [0.25, 0.3) is 0 Å². The highest BCUT2D eigenvalue weighted by Gasteiger charge is 2.20. The van der Waals surface area contributed by atoms with E-state index >= 15 is 0 Å². The summed E-state index contributed by atoms with van der Waals surface area (Å²) in [6, 6.07) is 4.67. The van der Waals surface area contributed by atoms with E-state index in [0.717, 1.165) is 0 Å². The zero-order valence-electron chi connectivity index (χ0n) is 9.40. The molecule has 0 saturated heterocycles. The van der Waals surface area contributed by atoms with Crippen LogP contribution in [0.5, 0.6) is 0 Å². The summed E-state index contributed by atoms with van der Waals surface area (Å²) in [4.78, 5) is 0.142. The van der Waals surface area contributed by atoms with Gasteiger partial charge in [-0.15, -0.1) is 6.58 Å². The van der Waals surface area contributed by atoms with Crippen molar-refractivity contribution in [1.29, 1.82) is 0 Å². The zero-order valence-corrected chi connectivity index (χ0v) is 10.2. The molecular formula is C11H16N2O2S. The van der Waals surface area contributed by atoms with E-state index in [4.69, 9.17) is 5.73 Å². The van der Waals surface area contributed by atoms with Crippen LogP contribution in [-0.4, -0.2) is 14.5 Å². The first kappa shape index (κ1) is 12.7. The van der Waals surface area contributed by atoms with E-state index in [1.807, 2.05) is 0 Å². The summed E-state index contributed by atoms with van der Waals surface area (Å²) in [5, 5.41) is 0. The number of hydrogen-bond acceptors (Lipinski definition) is 3. The fourth-order valence-corrected chi connectivity index (χ4v) is 2.97. The van der Waals surface area contributed by atoms with Crippen molar-refractivity contribution < 1.29 is 8.42 Å². The molecular weight excluding hydrogens is 224 g/mol. The molecule has 3 N–H and O–H groups in total. The maximum Gasteiger partial charge on any atom is 0.243 e. The highest BCUT2D eigenvalue weighted by Crippen LogP contribution is 2.22. The van der Waals surface area contributed by atoms with Crippen molar-refractivity contribution in [3.05, 3.63) is 36.4 Å². The van der Waals surface area contributed by atoms with E-state index in [0.29, 0.717) is 5.56 Å². The average molecular weight is 240 g/mol. The van der Waals surface area contributed by atoms with Gasteiger partial charge in [0.2, 0.25) is 10.0 Å². The standard InChI is InChI=1S/C11H16N2O2S/c1-4-9(3)13-16(14,15)11-8(2)6-5-7-10(11)12/h4-7,9,13H,1,12H2,2-3H3. The Hall–Kier alpha value is -1.33. The Balaban J connectivity index is 3.22. The molecule has 0 fully saturated rings. The molecule has 0 aliphatic rings. The number of nitrogen functional groups attached to an aromatic ring is 1. The number of hydrogen-bond donors (Lipinski definition) is 2. The van der Waals surface area contributed by atoms with E-state index < -0.39 is 10.0 Å². The molecule has 4 nitrogen and oxygen atoms in total. The predicted molar refractivity (Wildman–Crippen MR) is 65.6 cm³/mol. The van der Waals surface area contributed by atoms with Crippen LogP contribution in [0.1, 0.15) is 12.5 Å². The Kier molecular flexibility index (Phi) is 3.72. The number of nitrogens with two attached hydrogens (primary N) is 1. The Labute approximate surface area is 96.2 Å². The molecule has 0 spiro atoms. The summed E-state index contributed by atoms with van der Waals surface area (Å²) in [6.45, 7) is 6.94. The Bertz CT molecular complexity index is 474. The number of rotatable bonds is 4. The maximum absolute atomic E-state index is 12.0. The summed E-state index contributed by atoms with van der Waals surface area (Å²) < 4.78 is 26.5. The summed E-state index contributed by atoms with van der Waals surface area (Å²) in [5.41, 5.74) is 6.56. The SMILES string of the molecule is C=CC(C)NS(=O)(=O)c1c(C)cccc1N. The zero-order chi connectivity index (χ0) is 12.3. The largest absolute Gasteiger partial charge is 0.398 e. The first-order valence-corrected chi connectivity index (χ1v) is 6.37. The van der Waals surface area contributed by atoms with Crippen LogP contribution in [0.4, 0.5) is 5.69 Å². The van der Waals surface area contributed by atoms with Crippen molar-refractivity contribution in [1.82, 2.24) is 4.72 Å². The van der Waals surface area contributed by atoms with Crippen molar-refractivity contribution in [2.75, 3.05) is 5.73 Å². The van der Waals surface area contributed by atoms with E-state index in [1.54, 1.807) is 32.0 Å². The lowest BCUT2D eigenvalue weighted by Gasteiger charge is -2.13. The smallest absolute Gasteiger partial charge is 0.243 e. The van der Waals surface area contributed by atoms with Gasteiger partial charge in [-0.1, -0.05) is 18.2 Å². The van der Waals surface area contributed by atoms with Gasteiger partial charge in [-0.25, -0.2) is 13.1 Å². The molecule has 16 heavy (non-hydrogen) atoms. The second-order valence-corrected chi connectivity index (χ2v) is 5.29. The van der Waals surface area contributed by atoms with Gasteiger partial charge in [-0.2, -0.15) is 0 Å². The quantitative estimate of drug-likeness (QED) is 0.617. The van der Waals surface area contributed by atoms with Gasteiger partial charge in [0, 0.05) is 6.04 Å². The second-order valence-electron chi connectivity index (χ2n) is 3.64. The lowest BCUT2D eigenvalue weighted by Crippen LogP contribution is -2.32. The summed E-state index contributed by atoms with van der Waals surface area (Å²) in [5.74, 6) is 0. The molecule has 0 aliphatic heterocycles. The molecule has 0 amide bonds. The third kappa shape index (κ3) is 2.62. The highest BCUT2D eigenvalue weighted by atomic mass is 32.2. The van der Waals surface area contributed by atoms with Crippen LogP contribution in [0, 0.1) is 6.92 Å². The Morgan fingerprint density at radius 2 is 2.12 bits per heavy atom. The van der Waals surface area contributed by atoms with Crippen molar-refractivity contribution >= 4 is 15.7 Å². The normalized spacial score (nSPS) is 13.4. The van der Waals surface area contributed by atoms with E-state index in [1.165, 1.54) is 6.08 Å². The van der Waals surface area contributed by atoms with Crippen molar-refractivity contribution in [3.63, 3.8) is 0 Å². The topological polar surface area (TPSA) is 72.2 Å². The monoisotopic (exact) mass is 240 g/mol. The summed E-state index contributed by atoms with van der Waals surface area (Å²) in [6.07, 6.45) is 1.52. The summed E-state index contributed by atoms with van der Waals surface area (Å²) >= 11 is 0. The minimum absolute atomic E-state index is 0.142. The van der Waals surface area contributed by atoms with Crippen LogP contribution in [-0.2, 0) is 10.0 Å². The fraction of sp³-hybridized carbons (Fsp3) is 0.273.